The normalized spacial score (nSPS) is 22.2. The first-order chi connectivity index (χ1) is 10.9. The van der Waals surface area contributed by atoms with Crippen LogP contribution in [0.3, 0.4) is 0 Å². The molecule has 0 spiro atoms. The molecule has 3 rings (SSSR count). The predicted octanol–water partition coefficient (Wildman–Crippen LogP) is 2.95. The van der Waals surface area contributed by atoms with Gasteiger partial charge in [-0.15, -0.1) is 0 Å². The van der Waals surface area contributed by atoms with Gasteiger partial charge in [-0.25, -0.2) is 8.42 Å². The number of hydrogen-bond acceptors (Lipinski definition) is 4. The van der Waals surface area contributed by atoms with Crippen LogP contribution in [0.5, 0.6) is 0 Å². The fraction of sp³-hybridized carbons (Fsp3) is 0.333. The quantitative estimate of drug-likeness (QED) is 0.936. The monoisotopic (exact) mass is 330 g/mol. The molecule has 0 radical (unpaired) electrons. The smallest absolute Gasteiger partial charge is 0.175 e. The number of benzene rings is 2. The number of nitrogens with zero attached hydrogens (tertiary/aromatic N) is 1. The summed E-state index contributed by atoms with van der Waals surface area (Å²) in [6, 6.07) is 18.1. The highest BCUT2D eigenvalue weighted by atomic mass is 32.2. The Hall–Kier alpha value is -1.85. The fourth-order valence-electron chi connectivity index (χ4n) is 3.25. The maximum atomic E-state index is 11.5. The van der Waals surface area contributed by atoms with Crippen LogP contribution in [-0.2, 0) is 9.84 Å². The van der Waals surface area contributed by atoms with Crippen molar-refractivity contribution in [3.8, 4) is 0 Å². The van der Waals surface area contributed by atoms with Crippen LogP contribution in [0.15, 0.2) is 59.5 Å². The van der Waals surface area contributed by atoms with E-state index in [0.29, 0.717) is 17.0 Å². The summed E-state index contributed by atoms with van der Waals surface area (Å²) in [6.45, 7) is 1.04. The van der Waals surface area contributed by atoms with Crippen molar-refractivity contribution in [1.82, 2.24) is 4.90 Å². The van der Waals surface area contributed by atoms with Gasteiger partial charge in [-0.2, -0.15) is 0 Å². The van der Waals surface area contributed by atoms with E-state index in [1.807, 2.05) is 18.2 Å². The first-order valence-corrected chi connectivity index (χ1v) is 9.66. The molecule has 1 N–H and O–H groups in total. The zero-order chi connectivity index (χ0) is 16.4. The molecule has 2 aromatic rings. The molecule has 1 saturated heterocycles. The lowest BCUT2D eigenvalue weighted by molar-refractivity contribution is 0.309. The molecule has 1 aliphatic rings. The summed E-state index contributed by atoms with van der Waals surface area (Å²) in [5.74, 6) is 0. The summed E-state index contributed by atoms with van der Waals surface area (Å²) < 4.78 is 23.1. The largest absolute Gasteiger partial charge is 0.380 e. The molecule has 0 bridgehead atoms. The van der Waals surface area contributed by atoms with Crippen LogP contribution >= 0.6 is 0 Å². The Morgan fingerprint density at radius 1 is 1.04 bits per heavy atom. The van der Waals surface area contributed by atoms with Crippen LogP contribution < -0.4 is 5.32 Å². The molecular formula is C18H22N2O2S. The maximum Gasteiger partial charge on any atom is 0.175 e. The Kier molecular flexibility index (Phi) is 4.41. The molecule has 1 heterocycles. The van der Waals surface area contributed by atoms with Crippen molar-refractivity contribution in [3.63, 3.8) is 0 Å². The van der Waals surface area contributed by atoms with Crippen molar-refractivity contribution in [1.29, 1.82) is 0 Å². The third-order valence-corrected chi connectivity index (χ3v) is 5.55. The Balaban J connectivity index is 1.79. The summed E-state index contributed by atoms with van der Waals surface area (Å²) in [4.78, 5) is 2.71. The number of sulfone groups is 1. The number of nitrogens with one attached hydrogen (secondary N) is 1. The minimum absolute atomic E-state index is 0.312. The molecule has 0 amide bonds. The van der Waals surface area contributed by atoms with Gasteiger partial charge in [0, 0.05) is 24.5 Å². The number of likely N-dealkylation sites (N-methyl/N-ethyl adjacent to an activating group) is 1. The number of hydrogen-bond donors (Lipinski definition) is 1. The van der Waals surface area contributed by atoms with E-state index in [0.717, 1.165) is 18.7 Å². The van der Waals surface area contributed by atoms with Gasteiger partial charge in [-0.1, -0.05) is 30.3 Å². The zero-order valence-corrected chi connectivity index (χ0v) is 14.3. The predicted molar refractivity (Wildman–Crippen MR) is 93.4 cm³/mol. The second-order valence-corrected chi connectivity index (χ2v) is 8.19. The van der Waals surface area contributed by atoms with E-state index in [1.165, 1.54) is 11.8 Å². The lowest BCUT2D eigenvalue weighted by Gasteiger charge is -2.27. The average molecular weight is 330 g/mol. The van der Waals surface area contributed by atoms with Gasteiger partial charge in [0.2, 0.25) is 0 Å². The Morgan fingerprint density at radius 2 is 1.70 bits per heavy atom. The van der Waals surface area contributed by atoms with E-state index < -0.39 is 9.84 Å². The third-order valence-electron chi connectivity index (χ3n) is 4.42. The number of rotatable bonds is 4. The Labute approximate surface area is 138 Å². The zero-order valence-electron chi connectivity index (χ0n) is 13.4. The van der Waals surface area contributed by atoms with Crippen LogP contribution in [-0.4, -0.2) is 39.2 Å². The summed E-state index contributed by atoms with van der Waals surface area (Å²) >= 11 is 0. The molecule has 2 atom stereocenters. The van der Waals surface area contributed by atoms with E-state index >= 15 is 0 Å². The fourth-order valence-corrected chi connectivity index (χ4v) is 3.88. The molecule has 2 unspecified atom stereocenters. The van der Waals surface area contributed by atoms with Gasteiger partial charge in [-0.3, -0.25) is 4.90 Å². The van der Waals surface area contributed by atoms with Gasteiger partial charge in [0.1, 0.15) is 0 Å². The highest BCUT2D eigenvalue weighted by Gasteiger charge is 2.32. The summed E-state index contributed by atoms with van der Waals surface area (Å²) in [7, 11) is -1.00. The summed E-state index contributed by atoms with van der Waals surface area (Å²) in [6.07, 6.45) is 2.29. The van der Waals surface area contributed by atoms with Crippen molar-refractivity contribution in [2.24, 2.45) is 0 Å². The van der Waals surface area contributed by atoms with Crippen LogP contribution in [0.25, 0.3) is 0 Å². The highest BCUT2D eigenvalue weighted by Crippen LogP contribution is 2.33. The maximum absolute atomic E-state index is 11.5. The SMILES string of the molecule is CN1CCC(Nc2ccc(S(C)(=O)=O)cc2)C1c1ccccc1. The molecule has 5 heteroatoms. The second kappa shape index (κ2) is 6.34. The molecule has 0 aliphatic carbocycles. The van der Waals surface area contributed by atoms with Crippen LogP contribution in [0, 0.1) is 0 Å². The molecule has 1 aliphatic heterocycles. The minimum atomic E-state index is -3.15. The van der Waals surface area contributed by atoms with Crippen LogP contribution in [0.4, 0.5) is 5.69 Å². The summed E-state index contributed by atoms with van der Waals surface area (Å²) in [5, 5.41) is 3.56. The van der Waals surface area contributed by atoms with Crippen LogP contribution in [0.2, 0.25) is 0 Å². The molecule has 23 heavy (non-hydrogen) atoms. The molecule has 4 nitrogen and oxygen atoms in total. The first-order valence-electron chi connectivity index (χ1n) is 7.77. The lowest BCUT2D eigenvalue weighted by Crippen LogP contribution is -2.29. The minimum Gasteiger partial charge on any atom is -0.380 e. The Bertz CT molecular complexity index is 757. The van der Waals surface area contributed by atoms with Gasteiger partial charge >= 0.3 is 0 Å². The molecule has 122 valence electrons. The highest BCUT2D eigenvalue weighted by molar-refractivity contribution is 7.90. The van der Waals surface area contributed by atoms with E-state index in [1.54, 1.807) is 12.1 Å². The topological polar surface area (TPSA) is 49.4 Å². The lowest BCUT2D eigenvalue weighted by atomic mass is 10.00. The van der Waals surface area contributed by atoms with Crippen molar-refractivity contribution >= 4 is 15.5 Å². The number of likely N-dealkylation sites (tertiary alicyclic amines) is 1. The molecule has 1 fully saturated rings. The van der Waals surface area contributed by atoms with E-state index in [9.17, 15) is 8.42 Å². The molecule has 0 aromatic heterocycles. The van der Waals surface area contributed by atoms with Crippen molar-refractivity contribution in [3.05, 3.63) is 60.2 Å². The van der Waals surface area contributed by atoms with Crippen molar-refractivity contribution in [2.45, 2.75) is 23.4 Å². The van der Waals surface area contributed by atoms with Gasteiger partial charge in [-0.05, 0) is 43.3 Å². The molecule has 2 aromatic carbocycles. The standard InChI is InChI=1S/C18H22N2O2S/c1-20-13-12-17(18(20)14-6-4-3-5-7-14)19-15-8-10-16(11-9-15)23(2,21)22/h3-11,17-19H,12-13H2,1-2H3. The van der Waals surface area contributed by atoms with E-state index in [2.05, 4.69) is 41.5 Å². The molecule has 0 saturated carbocycles. The van der Waals surface area contributed by atoms with Gasteiger partial charge in [0.25, 0.3) is 0 Å². The number of anilines is 1. The van der Waals surface area contributed by atoms with E-state index in [4.69, 9.17) is 0 Å². The van der Waals surface area contributed by atoms with Crippen LogP contribution in [0.1, 0.15) is 18.0 Å². The second-order valence-electron chi connectivity index (χ2n) is 6.17. The third kappa shape index (κ3) is 3.57. The van der Waals surface area contributed by atoms with Crippen molar-refractivity contribution in [2.75, 3.05) is 25.2 Å². The first kappa shape index (κ1) is 16.0. The van der Waals surface area contributed by atoms with Crippen molar-refractivity contribution < 1.29 is 8.42 Å². The van der Waals surface area contributed by atoms with E-state index in [-0.39, 0.29) is 0 Å². The Morgan fingerprint density at radius 3 is 2.30 bits per heavy atom. The van der Waals surface area contributed by atoms with Gasteiger partial charge in [0.15, 0.2) is 9.84 Å². The molecular weight excluding hydrogens is 308 g/mol. The van der Waals surface area contributed by atoms with Gasteiger partial charge < -0.3 is 5.32 Å². The van der Waals surface area contributed by atoms with Gasteiger partial charge in [0.05, 0.1) is 10.9 Å². The summed E-state index contributed by atoms with van der Waals surface area (Å²) in [5.41, 5.74) is 2.26. The average Bonchev–Trinajstić information content (AvgIpc) is 2.88.